The standard InChI is InChI=1S/C17H13BrClNO/c18-16-7-6-15(9-14(16)10-19)21-11-13-4-1-3-12-5-2-8-20-17(12)13/h1-9H,10-11H2. The molecule has 3 rings (SSSR count). The summed E-state index contributed by atoms with van der Waals surface area (Å²) >= 11 is 9.37. The first-order valence-corrected chi connectivity index (χ1v) is 7.90. The van der Waals surface area contributed by atoms with E-state index in [1.807, 2.05) is 36.4 Å². The monoisotopic (exact) mass is 361 g/mol. The van der Waals surface area contributed by atoms with Gasteiger partial charge >= 0.3 is 0 Å². The van der Waals surface area contributed by atoms with E-state index in [1.54, 1.807) is 6.20 Å². The van der Waals surface area contributed by atoms with Gasteiger partial charge in [-0.05, 0) is 29.8 Å². The summed E-state index contributed by atoms with van der Waals surface area (Å²) < 4.78 is 6.88. The van der Waals surface area contributed by atoms with Gasteiger partial charge in [0.2, 0.25) is 0 Å². The fourth-order valence-corrected chi connectivity index (χ4v) is 2.96. The lowest BCUT2D eigenvalue weighted by Gasteiger charge is -2.10. The highest BCUT2D eigenvalue weighted by atomic mass is 79.9. The van der Waals surface area contributed by atoms with Crippen LogP contribution in [-0.4, -0.2) is 4.98 Å². The zero-order chi connectivity index (χ0) is 14.7. The number of ether oxygens (including phenoxy) is 1. The van der Waals surface area contributed by atoms with Crippen LogP contribution in [0.5, 0.6) is 5.75 Å². The van der Waals surface area contributed by atoms with Gasteiger partial charge in [0.25, 0.3) is 0 Å². The highest BCUT2D eigenvalue weighted by Crippen LogP contribution is 2.25. The Morgan fingerprint density at radius 1 is 1.05 bits per heavy atom. The van der Waals surface area contributed by atoms with E-state index < -0.39 is 0 Å². The first-order chi connectivity index (χ1) is 10.3. The smallest absolute Gasteiger partial charge is 0.120 e. The number of pyridine rings is 1. The fourth-order valence-electron chi connectivity index (χ4n) is 2.19. The Morgan fingerprint density at radius 2 is 1.90 bits per heavy atom. The van der Waals surface area contributed by atoms with Gasteiger partial charge in [-0.1, -0.05) is 40.2 Å². The lowest BCUT2D eigenvalue weighted by Crippen LogP contribution is -1.98. The van der Waals surface area contributed by atoms with Crippen molar-refractivity contribution in [1.29, 1.82) is 0 Å². The maximum absolute atomic E-state index is 5.90. The van der Waals surface area contributed by atoms with Crippen LogP contribution in [0.2, 0.25) is 0 Å². The Bertz CT molecular complexity index is 770. The van der Waals surface area contributed by atoms with Crippen molar-refractivity contribution in [1.82, 2.24) is 4.98 Å². The van der Waals surface area contributed by atoms with E-state index in [0.29, 0.717) is 12.5 Å². The molecule has 2 aromatic carbocycles. The van der Waals surface area contributed by atoms with Gasteiger partial charge in [0.15, 0.2) is 0 Å². The largest absolute Gasteiger partial charge is 0.489 e. The van der Waals surface area contributed by atoms with E-state index in [1.165, 1.54) is 0 Å². The van der Waals surface area contributed by atoms with Crippen molar-refractivity contribution in [2.75, 3.05) is 0 Å². The van der Waals surface area contributed by atoms with Crippen molar-refractivity contribution in [3.63, 3.8) is 0 Å². The maximum Gasteiger partial charge on any atom is 0.120 e. The minimum absolute atomic E-state index is 0.452. The van der Waals surface area contributed by atoms with E-state index in [-0.39, 0.29) is 0 Å². The molecule has 0 atom stereocenters. The molecule has 0 unspecified atom stereocenters. The van der Waals surface area contributed by atoms with E-state index in [0.717, 1.165) is 32.3 Å². The van der Waals surface area contributed by atoms with Crippen molar-refractivity contribution < 1.29 is 4.74 Å². The summed E-state index contributed by atoms with van der Waals surface area (Å²) in [4.78, 5) is 4.43. The molecule has 0 aliphatic carbocycles. The molecule has 0 aliphatic rings. The minimum Gasteiger partial charge on any atom is -0.489 e. The molecule has 0 N–H and O–H groups in total. The Balaban J connectivity index is 1.83. The summed E-state index contributed by atoms with van der Waals surface area (Å²) in [6.45, 7) is 0.484. The van der Waals surface area contributed by atoms with Gasteiger partial charge in [-0.25, -0.2) is 0 Å². The van der Waals surface area contributed by atoms with Crippen LogP contribution in [0.4, 0.5) is 0 Å². The van der Waals surface area contributed by atoms with Crippen LogP contribution < -0.4 is 4.74 Å². The van der Waals surface area contributed by atoms with Crippen molar-refractivity contribution in [2.24, 2.45) is 0 Å². The molecule has 2 nitrogen and oxygen atoms in total. The molecule has 106 valence electrons. The quantitative estimate of drug-likeness (QED) is 0.586. The Kier molecular flexibility index (Phi) is 4.42. The SMILES string of the molecule is ClCc1cc(OCc2cccc3cccnc23)ccc1Br. The number of fused-ring (bicyclic) bond motifs is 1. The first-order valence-electron chi connectivity index (χ1n) is 6.58. The van der Waals surface area contributed by atoms with Crippen LogP contribution in [0.3, 0.4) is 0 Å². The van der Waals surface area contributed by atoms with Crippen molar-refractivity contribution in [2.45, 2.75) is 12.5 Å². The van der Waals surface area contributed by atoms with Gasteiger partial charge in [-0.3, -0.25) is 4.98 Å². The van der Waals surface area contributed by atoms with Crippen molar-refractivity contribution in [3.05, 3.63) is 70.3 Å². The minimum atomic E-state index is 0.452. The van der Waals surface area contributed by atoms with Crippen LogP contribution >= 0.6 is 27.5 Å². The summed E-state index contributed by atoms with van der Waals surface area (Å²) in [5, 5.41) is 1.12. The summed E-state index contributed by atoms with van der Waals surface area (Å²) in [5.41, 5.74) is 3.07. The number of hydrogen-bond donors (Lipinski definition) is 0. The molecule has 0 bridgehead atoms. The third-order valence-corrected chi connectivity index (χ3v) is 4.33. The van der Waals surface area contributed by atoms with Crippen LogP contribution in [0.1, 0.15) is 11.1 Å². The third-order valence-electron chi connectivity index (χ3n) is 3.27. The fraction of sp³-hybridized carbons (Fsp3) is 0.118. The summed E-state index contributed by atoms with van der Waals surface area (Å²) in [6, 6.07) is 15.9. The Hall–Kier alpha value is -1.58. The maximum atomic E-state index is 5.90. The lowest BCUT2D eigenvalue weighted by atomic mass is 10.1. The number of rotatable bonds is 4. The molecule has 0 fully saturated rings. The van der Waals surface area contributed by atoms with E-state index >= 15 is 0 Å². The lowest BCUT2D eigenvalue weighted by molar-refractivity contribution is 0.307. The molecule has 4 heteroatoms. The molecule has 0 radical (unpaired) electrons. The van der Waals surface area contributed by atoms with Gasteiger partial charge in [-0.2, -0.15) is 0 Å². The number of para-hydroxylation sites is 1. The summed E-state index contributed by atoms with van der Waals surface area (Å²) in [6.07, 6.45) is 1.80. The summed E-state index contributed by atoms with van der Waals surface area (Å²) in [7, 11) is 0. The van der Waals surface area contributed by atoms with Gasteiger partial charge < -0.3 is 4.74 Å². The number of hydrogen-bond acceptors (Lipinski definition) is 2. The van der Waals surface area contributed by atoms with Crippen molar-refractivity contribution in [3.8, 4) is 5.75 Å². The highest BCUT2D eigenvalue weighted by molar-refractivity contribution is 9.10. The zero-order valence-electron chi connectivity index (χ0n) is 11.2. The van der Waals surface area contributed by atoms with Gasteiger partial charge in [-0.15, -0.1) is 11.6 Å². The van der Waals surface area contributed by atoms with Crippen LogP contribution in [0.15, 0.2) is 59.2 Å². The molecule has 0 aliphatic heterocycles. The molecule has 3 aromatic rings. The van der Waals surface area contributed by atoms with Crippen LogP contribution in [0, 0.1) is 0 Å². The summed E-state index contributed by atoms with van der Waals surface area (Å²) in [5.74, 6) is 1.26. The van der Waals surface area contributed by atoms with Crippen LogP contribution in [0.25, 0.3) is 10.9 Å². The van der Waals surface area contributed by atoms with Gasteiger partial charge in [0.05, 0.1) is 5.52 Å². The molecular formula is C17H13BrClNO. The number of halogens is 2. The molecule has 0 saturated carbocycles. The molecule has 0 spiro atoms. The molecule has 1 aromatic heterocycles. The van der Waals surface area contributed by atoms with Crippen molar-refractivity contribution >= 4 is 38.4 Å². The average molecular weight is 363 g/mol. The first kappa shape index (κ1) is 14.4. The Morgan fingerprint density at radius 3 is 2.76 bits per heavy atom. The second-order valence-electron chi connectivity index (χ2n) is 4.67. The third kappa shape index (κ3) is 3.20. The second-order valence-corrected chi connectivity index (χ2v) is 5.79. The van der Waals surface area contributed by atoms with E-state index in [4.69, 9.17) is 16.3 Å². The van der Waals surface area contributed by atoms with E-state index in [9.17, 15) is 0 Å². The second kappa shape index (κ2) is 6.46. The predicted octanol–water partition coefficient (Wildman–Crippen LogP) is 5.32. The number of benzene rings is 2. The molecule has 0 amide bonds. The number of nitrogens with zero attached hydrogens (tertiary/aromatic N) is 1. The van der Waals surface area contributed by atoms with E-state index in [2.05, 4.69) is 33.0 Å². The molecule has 21 heavy (non-hydrogen) atoms. The predicted molar refractivity (Wildman–Crippen MR) is 89.8 cm³/mol. The van der Waals surface area contributed by atoms with Gasteiger partial charge in [0, 0.05) is 27.5 Å². The van der Waals surface area contributed by atoms with Gasteiger partial charge in [0.1, 0.15) is 12.4 Å². The number of aromatic nitrogens is 1. The zero-order valence-corrected chi connectivity index (χ0v) is 13.6. The van der Waals surface area contributed by atoms with Crippen LogP contribution in [-0.2, 0) is 12.5 Å². The number of alkyl halides is 1. The Labute approximate surface area is 136 Å². The highest BCUT2D eigenvalue weighted by Gasteiger charge is 2.05. The topological polar surface area (TPSA) is 22.1 Å². The normalized spacial score (nSPS) is 10.8. The molecule has 1 heterocycles. The molecule has 0 saturated heterocycles. The average Bonchev–Trinajstić information content (AvgIpc) is 2.54. The molecular weight excluding hydrogens is 350 g/mol.